The number of nitrogens with one attached hydrogen (secondary N) is 1. The normalized spacial score (nSPS) is 26.1. The molecule has 0 bridgehead atoms. The number of aliphatic hydroxyl groups excluding tert-OH is 1. The zero-order chi connectivity index (χ0) is 12.5. The first-order chi connectivity index (χ1) is 8.04. The minimum atomic E-state index is -0.199. The second-order valence-electron chi connectivity index (χ2n) is 5.23. The molecule has 0 amide bonds. The molecule has 2 rings (SSSR count). The molecule has 3 heteroatoms. The fourth-order valence-corrected chi connectivity index (χ4v) is 2.19. The number of hydrogen-bond acceptors (Lipinski definition) is 3. The third-order valence-electron chi connectivity index (χ3n) is 3.70. The van der Waals surface area contributed by atoms with E-state index < -0.39 is 0 Å². The first kappa shape index (κ1) is 12.2. The minimum Gasteiger partial charge on any atom is -0.494 e. The average Bonchev–Trinajstić information content (AvgIpc) is 2.30. The number of anilines is 1. The predicted octanol–water partition coefficient (Wildman–Crippen LogP) is 2.66. The van der Waals surface area contributed by atoms with Gasteiger partial charge in [-0.15, -0.1) is 0 Å². The summed E-state index contributed by atoms with van der Waals surface area (Å²) in [6.45, 7) is 6.83. The summed E-state index contributed by atoms with van der Waals surface area (Å²) in [5, 5.41) is 13.2. The Hall–Kier alpha value is -1.22. The molecule has 17 heavy (non-hydrogen) atoms. The highest BCUT2D eigenvalue weighted by Crippen LogP contribution is 2.42. The molecule has 1 fully saturated rings. The SMILES string of the molecule is CCOc1cccc(NC2CC(O)C2(C)C)c1. The molecule has 1 aliphatic rings. The van der Waals surface area contributed by atoms with E-state index in [1.807, 2.05) is 31.2 Å². The van der Waals surface area contributed by atoms with Crippen molar-refractivity contribution in [3.05, 3.63) is 24.3 Å². The molecule has 2 unspecified atom stereocenters. The molecule has 0 aromatic heterocycles. The third-order valence-corrected chi connectivity index (χ3v) is 3.70. The molecular formula is C14H21NO2. The van der Waals surface area contributed by atoms with Gasteiger partial charge in [0.2, 0.25) is 0 Å². The summed E-state index contributed by atoms with van der Waals surface area (Å²) in [7, 11) is 0. The van der Waals surface area contributed by atoms with Crippen LogP contribution in [-0.2, 0) is 0 Å². The Morgan fingerprint density at radius 3 is 2.82 bits per heavy atom. The van der Waals surface area contributed by atoms with Crippen molar-refractivity contribution in [2.24, 2.45) is 5.41 Å². The zero-order valence-electron chi connectivity index (χ0n) is 10.7. The monoisotopic (exact) mass is 235 g/mol. The Kier molecular flexibility index (Phi) is 3.29. The van der Waals surface area contributed by atoms with E-state index in [1.165, 1.54) is 0 Å². The van der Waals surface area contributed by atoms with E-state index in [1.54, 1.807) is 0 Å². The van der Waals surface area contributed by atoms with Gasteiger partial charge in [0.15, 0.2) is 0 Å². The number of aliphatic hydroxyl groups is 1. The Balaban J connectivity index is 2.02. The van der Waals surface area contributed by atoms with Gasteiger partial charge in [0, 0.05) is 23.2 Å². The Morgan fingerprint density at radius 2 is 2.24 bits per heavy atom. The molecule has 1 aromatic rings. The molecular weight excluding hydrogens is 214 g/mol. The lowest BCUT2D eigenvalue weighted by Gasteiger charge is -2.49. The molecule has 94 valence electrons. The van der Waals surface area contributed by atoms with Gasteiger partial charge >= 0.3 is 0 Å². The van der Waals surface area contributed by atoms with Crippen molar-refractivity contribution in [2.45, 2.75) is 39.3 Å². The van der Waals surface area contributed by atoms with Crippen LogP contribution in [0, 0.1) is 5.41 Å². The Bertz CT molecular complexity index is 390. The summed E-state index contributed by atoms with van der Waals surface area (Å²) in [5.74, 6) is 0.884. The van der Waals surface area contributed by atoms with Crippen molar-refractivity contribution >= 4 is 5.69 Å². The largest absolute Gasteiger partial charge is 0.494 e. The highest BCUT2D eigenvalue weighted by atomic mass is 16.5. The van der Waals surface area contributed by atoms with Crippen molar-refractivity contribution in [3.63, 3.8) is 0 Å². The van der Waals surface area contributed by atoms with E-state index in [9.17, 15) is 5.11 Å². The maximum atomic E-state index is 9.70. The average molecular weight is 235 g/mol. The molecule has 0 radical (unpaired) electrons. The van der Waals surface area contributed by atoms with Crippen LogP contribution in [0.4, 0.5) is 5.69 Å². The van der Waals surface area contributed by atoms with Gasteiger partial charge in [-0.3, -0.25) is 0 Å². The van der Waals surface area contributed by atoms with Gasteiger partial charge in [0.1, 0.15) is 5.75 Å². The minimum absolute atomic E-state index is 0.0540. The Labute approximate surface area is 103 Å². The smallest absolute Gasteiger partial charge is 0.121 e. The molecule has 0 heterocycles. The first-order valence-corrected chi connectivity index (χ1v) is 6.21. The van der Waals surface area contributed by atoms with Gasteiger partial charge < -0.3 is 15.2 Å². The maximum absolute atomic E-state index is 9.70. The fourth-order valence-electron chi connectivity index (χ4n) is 2.19. The van der Waals surface area contributed by atoms with Gasteiger partial charge in [0.25, 0.3) is 0 Å². The lowest BCUT2D eigenvalue weighted by atomic mass is 9.64. The summed E-state index contributed by atoms with van der Waals surface area (Å²) >= 11 is 0. The summed E-state index contributed by atoms with van der Waals surface area (Å²) in [5.41, 5.74) is 1.00. The van der Waals surface area contributed by atoms with E-state index in [-0.39, 0.29) is 11.5 Å². The van der Waals surface area contributed by atoms with Crippen LogP contribution < -0.4 is 10.1 Å². The van der Waals surface area contributed by atoms with Gasteiger partial charge in [-0.05, 0) is 25.5 Å². The number of hydrogen-bond donors (Lipinski definition) is 2. The lowest BCUT2D eigenvalue weighted by molar-refractivity contribution is -0.0510. The molecule has 0 aliphatic heterocycles. The first-order valence-electron chi connectivity index (χ1n) is 6.21. The van der Waals surface area contributed by atoms with Crippen LogP contribution in [0.5, 0.6) is 5.75 Å². The van der Waals surface area contributed by atoms with Crippen molar-refractivity contribution in [2.75, 3.05) is 11.9 Å². The van der Waals surface area contributed by atoms with E-state index in [4.69, 9.17) is 4.74 Å². The number of rotatable bonds is 4. The van der Waals surface area contributed by atoms with E-state index in [0.29, 0.717) is 12.6 Å². The standard InChI is InChI=1S/C14H21NO2/c1-4-17-11-7-5-6-10(8-11)15-12-9-13(16)14(12,2)3/h5-8,12-13,15-16H,4,9H2,1-3H3. The topological polar surface area (TPSA) is 41.5 Å². The fraction of sp³-hybridized carbons (Fsp3) is 0.571. The van der Waals surface area contributed by atoms with Crippen molar-refractivity contribution in [1.29, 1.82) is 0 Å². The molecule has 1 saturated carbocycles. The molecule has 0 spiro atoms. The van der Waals surface area contributed by atoms with Crippen LogP contribution in [0.1, 0.15) is 27.2 Å². The highest BCUT2D eigenvalue weighted by molar-refractivity contribution is 5.49. The molecule has 1 aromatic carbocycles. The van der Waals surface area contributed by atoms with Crippen LogP contribution >= 0.6 is 0 Å². The van der Waals surface area contributed by atoms with Crippen molar-refractivity contribution in [3.8, 4) is 5.75 Å². The summed E-state index contributed by atoms with van der Waals surface area (Å²) < 4.78 is 5.46. The number of benzene rings is 1. The van der Waals surface area contributed by atoms with Gasteiger partial charge in [-0.25, -0.2) is 0 Å². The van der Waals surface area contributed by atoms with Crippen molar-refractivity contribution in [1.82, 2.24) is 0 Å². The summed E-state index contributed by atoms with van der Waals surface area (Å²) in [6, 6.07) is 8.30. The number of ether oxygens (including phenoxy) is 1. The highest BCUT2D eigenvalue weighted by Gasteiger charge is 2.47. The van der Waals surface area contributed by atoms with E-state index in [0.717, 1.165) is 17.9 Å². The lowest BCUT2D eigenvalue weighted by Crippen LogP contribution is -2.56. The molecule has 1 aliphatic carbocycles. The maximum Gasteiger partial charge on any atom is 0.121 e. The van der Waals surface area contributed by atoms with E-state index >= 15 is 0 Å². The van der Waals surface area contributed by atoms with Gasteiger partial charge in [-0.1, -0.05) is 19.9 Å². The zero-order valence-corrected chi connectivity index (χ0v) is 10.7. The van der Waals surface area contributed by atoms with Gasteiger partial charge in [0.05, 0.1) is 12.7 Å². The third kappa shape index (κ3) is 2.39. The molecule has 0 saturated heterocycles. The predicted molar refractivity (Wildman–Crippen MR) is 69.4 cm³/mol. The summed E-state index contributed by atoms with van der Waals surface area (Å²) in [4.78, 5) is 0. The second kappa shape index (κ2) is 4.57. The summed E-state index contributed by atoms with van der Waals surface area (Å²) in [6.07, 6.45) is 0.612. The van der Waals surface area contributed by atoms with Crippen LogP contribution in [0.15, 0.2) is 24.3 Å². The molecule has 2 N–H and O–H groups in total. The second-order valence-corrected chi connectivity index (χ2v) is 5.23. The van der Waals surface area contributed by atoms with E-state index in [2.05, 4.69) is 19.2 Å². The quantitative estimate of drug-likeness (QED) is 0.843. The van der Waals surface area contributed by atoms with Crippen LogP contribution in [0.25, 0.3) is 0 Å². The van der Waals surface area contributed by atoms with Gasteiger partial charge in [-0.2, -0.15) is 0 Å². The Morgan fingerprint density at radius 1 is 1.47 bits per heavy atom. The molecule has 2 atom stereocenters. The van der Waals surface area contributed by atoms with Crippen LogP contribution in [0.3, 0.4) is 0 Å². The molecule has 3 nitrogen and oxygen atoms in total. The van der Waals surface area contributed by atoms with Crippen LogP contribution in [-0.4, -0.2) is 23.9 Å². The van der Waals surface area contributed by atoms with Crippen LogP contribution in [0.2, 0.25) is 0 Å². The van der Waals surface area contributed by atoms with Crippen molar-refractivity contribution < 1.29 is 9.84 Å².